The molecule has 102 valence electrons. The van der Waals surface area contributed by atoms with Crippen LogP contribution in [0, 0.1) is 0 Å². The first-order chi connectivity index (χ1) is 9.65. The number of aromatic nitrogens is 1. The van der Waals surface area contributed by atoms with Crippen LogP contribution in [-0.4, -0.2) is 15.8 Å². The van der Waals surface area contributed by atoms with Crippen LogP contribution in [0.4, 0.5) is 0 Å². The van der Waals surface area contributed by atoms with Gasteiger partial charge in [-0.15, -0.1) is 11.3 Å². The van der Waals surface area contributed by atoms with Crippen LogP contribution in [0.15, 0.2) is 58.9 Å². The number of para-hydroxylation sites is 1. The normalized spacial score (nSPS) is 14.3. The van der Waals surface area contributed by atoms with Crippen LogP contribution in [0.25, 0.3) is 10.2 Å². The maximum Gasteiger partial charge on any atom is 0.151 e. The van der Waals surface area contributed by atoms with Gasteiger partial charge < -0.3 is 5.11 Å². The van der Waals surface area contributed by atoms with Gasteiger partial charge in [0, 0.05) is 5.75 Å². The number of hydrogen-bond donors (Lipinski definition) is 1. The number of fused-ring (bicyclic) bond motifs is 1. The molecule has 0 aliphatic heterocycles. The van der Waals surface area contributed by atoms with Gasteiger partial charge >= 0.3 is 0 Å². The third-order valence-electron chi connectivity index (χ3n) is 3.15. The highest BCUT2D eigenvalue weighted by Crippen LogP contribution is 2.33. The lowest BCUT2D eigenvalue weighted by atomic mass is 9.99. The van der Waals surface area contributed by atoms with Gasteiger partial charge in [-0.2, -0.15) is 0 Å². The minimum atomic E-state index is -0.843. The molecule has 1 aromatic heterocycles. The van der Waals surface area contributed by atoms with Gasteiger partial charge in [0.05, 0.1) is 15.8 Å². The standard InChI is InChI=1S/C16H15NOS2/c1-16(18,12-7-3-2-4-8-12)11-19-15-17-13-9-5-6-10-14(13)20-15/h2-10,18H,11H2,1H3. The van der Waals surface area contributed by atoms with Crippen molar-refractivity contribution in [3.8, 4) is 0 Å². The number of aliphatic hydroxyl groups is 1. The molecule has 0 bridgehead atoms. The molecule has 3 rings (SSSR count). The Kier molecular flexibility index (Phi) is 3.78. The van der Waals surface area contributed by atoms with Crippen molar-refractivity contribution in [2.24, 2.45) is 0 Å². The van der Waals surface area contributed by atoms with Gasteiger partial charge in [-0.25, -0.2) is 4.98 Å². The Morgan fingerprint density at radius 3 is 2.55 bits per heavy atom. The number of hydrogen-bond acceptors (Lipinski definition) is 4. The number of nitrogens with zero attached hydrogens (tertiary/aromatic N) is 1. The minimum Gasteiger partial charge on any atom is -0.385 e. The highest BCUT2D eigenvalue weighted by molar-refractivity contribution is 8.01. The summed E-state index contributed by atoms with van der Waals surface area (Å²) < 4.78 is 2.19. The molecule has 0 aliphatic carbocycles. The van der Waals surface area contributed by atoms with Crippen molar-refractivity contribution in [2.45, 2.75) is 16.9 Å². The predicted octanol–water partition coefficient (Wildman–Crippen LogP) is 4.30. The minimum absolute atomic E-state index is 0.594. The zero-order valence-electron chi connectivity index (χ0n) is 11.1. The second-order valence-electron chi connectivity index (χ2n) is 4.88. The van der Waals surface area contributed by atoms with Crippen LogP contribution in [0.1, 0.15) is 12.5 Å². The number of thiazole rings is 1. The third-order valence-corrected chi connectivity index (χ3v) is 5.63. The van der Waals surface area contributed by atoms with Gasteiger partial charge in [-0.3, -0.25) is 0 Å². The van der Waals surface area contributed by atoms with Gasteiger partial charge in [0.1, 0.15) is 0 Å². The Labute approximate surface area is 126 Å². The fourth-order valence-corrected chi connectivity index (χ4v) is 4.11. The fourth-order valence-electron chi connectivity index (χ4n) is 2.00. The zero-order chi connectivity index (χ0) is 14.0. The predicted molar refractivity (Wildman–Crippen MR) is 86.4 cm³/mol. The van der Waals surface area contributed by atoms with Crippen LogP contribution in [-0.2, 0) is 5.60 Å². The lowest BCUT2D eigenvalue weighted by Crippen LogP contribution is -2.24. The molecule has 1 heterocycles. The van der Waals surface area contributed by atoms with Crippen molar-refractivity contribution in [3.63, 3.8) is 0 Å². The Bertz CT molecular complexity index is 674. The van der Waals surface area contributed by atoms with E-state index >= 15 is 0 Å². The topological polar surface area (TPSA) is 33.1 Å². The molecule has 1 atom stereocenters. The average Bonchev–Trinajstić information content (AvgIpc) is 2.89. The lowest BCUT2D eigenvalue weighted by molar-refractivity contribution is 0.0839. The van der Waals surface area contributed by atoms with Gasteiger partial charge in [0.2, 0.25) is 0 Å². The molecule has 1 unspecified atom stereocenters. The van der Waals surface area contributed by atoms with Crippen LogP contribution < -0.4 is 0 Å². The molecule has 0 spiro atoms. The summed E-state index contributed by atoms with van der Waals surface area (Å²) in [5, 5.41) is 10.6. The first kappa shape index (κ1) is 13.6. The molecular weight excluding hydrogens is 286 g/mol. The van der Waals surface area contributed by atoms with E-state index in [9.17, 15) is 5.11 Å². The first-order valence-corrected chi connectivity index (χ1v) is 8.22. The van der Waals surface area contributed by atoms with Crippen LogP contribution in [0.5, 0.6) is 0 Å². The molecule has 4 heteroatoms. The van der Waals surface area contributed by atoms with Crippen molar-refractivity contribution in [1.29, 1.82) is 0 Å². The van der Waals surface area contributed by atoms with Crippen LogP contribution in [0.3, 0.4) is 0 Å². The molecule has 0 radical (unpaired) electrons. The Balaban J connectivity index is 1.75. The maximum absolute atomic E-state index is 10.6. The van der Waals surface area contributed by atoms with E-state index in [1.54, 1.807) is 23.1 Å². The summed E-state index contributed by atoms with van der Waals surface area (Å²) in [6.45, 7) is 1.85. The average molecular weight is 301 g/mol. The smallest absolute Gasteiger partial charge is 0.151 e. The molecule has 3 aromatic rings. The fraction of sp³-hybridized carbons (Fsp3) is 0.188. The van der Waals surface area contributed by atoms with Gasteiger partial charge in [0.15, 0.2) is 4.34 Å². The van der Waals surface area contributed by atoms with E-state index in [-0.39, 0.29) is 0 Å². The quantitative estimate of drug-likeness (QED) is 0.730. The molecule has 0 aliphatic rings. The molecular formula is C16H15NOS2. The molecule has 20 heavy (non-hydrogen) atoms. The Morgan fingerprint density at radius 2 is 1.80 bits per heavy atom. The van der Waals surface area contributed by atoms with E-state index in [0.717, 1.165) is 15.4 Å². The van der Waals surface area contributed by atoms with E-state index in [1.165, 1.54) is 4.70 Å². The Morgan fingerprint density at radius 1 is 1.10 bits per heavy atom. The van der Waals surface area contributed by atoms with Crippen LogP contribution >= 0.6 is 23.1 Å². The zero-order valence-corrected chi connectivity index (χ0v) is 12.7. The second-order valence-corrected chi connectivity index (χ2v) is 7.13. The summed E-state index contributed by atoms with van der Waals surface area (Å²) in [7, 11) is 0. The van der Waals surface area contributed by atoms with E-state index in [0.29, 0.717) is 5.75 Å². The largest absolute Gasteiger partial charge is 0.385 e. The molecule has 0 fully saturated rings. The summed E-state index contributed by atoms with van der Waals surface area (Å²) in [5.74, 6) is 0.594. The molecule has 2 nitrogen and oxygen atoms in total. The number of benzene rings is 2. The lowest BCUT2D eigenvalue weighted by Gasteiger charge is -2.22. The van der Waals surface area contributed by atoms with E-state index < -0.39 is 5.60 Å². The maximum atomic E-state index is 10.6. The highest BCUT2D eigenvalue weighted by Gasteiger charge is 2.23. The summed E-state index contributed by atoms with van der Waals surface area (Å²) in [6.07, 6.45) is 0. The van der Waals surface area contributed by atoms with Crippen molar-refractivity contribution in [3.05, 3.63) is 60.2 Å². The van der Waals surface area contributed by atoms with Crippen molar-refractivity contribution in [2.75, 3.05) is 5.75 Å². The first-order valence-electron chi connectivity index (χ1n) is 6.41. The molecule has 2 aromatic carbocycles. The summed E-state index contributed by atoms with van der Waals surface area (Å²) >= 11 is 3.28. The monoisotopic (exact) mass is 301 g/mol. The van der Waals surface area contributed by atoms with E-state index in [4.69, 9.17) is 0 Å². The van der Waals surface area contributed by atoms with Gasteiger partial charge in [0.25, 0.3) is 0 Å². The summed E-state index contributed by atoms with van der Waals surface area (Å²) in [5.41, 5.74) is 1.12. The molecule has 0 saturated heterocycles. The van der Waals surface area contributed by atoms with Crippen molar-refractivity contribution < 1.29 is 5.11 Å². The summed E-state index contributed by atoms with van der Waals surface area (Å²) in [4.78, 5) is 4.58. The van der Waals surface area contributed by atoms with Gasteiger partial charge in [-0.05, 0) is 24.6 Å². The molecule has 1 N–H and O–H groups in total. The highest BCUT2D eigenvalue weighted by atomic mass is 32.2. The molecule has 0 amide bonds. The van der Waals surface area contributed by atoms with E-state index in [2.05, 4.69) is 11.1 Å². The van der Waals surface area contributed by atoms with Gasteiger partial charge in [-0.1, -0.05) is 54.2 Å². The second kappa shape index (κ2) is 5.56. The van der Waals surface area contributed by atoms with Crippen molar-refractivity contribution in [1.82, 2.24) is 4.98 Å². The number of thioether (sulfide) groups is 1. The SMILES string of the molecule is CC(O)(CSc1nc2ccccc2s1)c1ccccc1. The molecule has 0 saturated carbocycles. The van der Waals surface area contributed by atoms with Crippen LogP contribution in [0.2, 0.25) is 0 Å². The van der Waals surface area contributed by atoms with E-state index in [1.807, 2.05) is 55.5 Å². The van der Waals surface area contributed by atoms with Crippen molar-refractivity contribution >= 4 is 33.3 Å². The summed E-state index contributed by atoms with van der Waals surface area (Å²) in [6, 6.07) is 17.9. The number of rotatable bonds is 4. The Hall–Kier alpha value is -1.36. The third kappa shape index (κ3) is 2.87.